The fraction of sp³-hybridized carbons (Fsp3) is 0.409. The molecule has 0 aromatic heterocycles. The van der Waals surface area contributed by atoms with Gasteiger partial charge in [0.25, 0.3) is 5.91 Å². The molecule has 1 amide bonds. The molecule has 0 N–H and O–H groups in total. The van der Waals surface area contributed by atoms with E-state index in [0.717, 1.165) is 23.1 Å². The number of benzene rings is 2. The van der Waals surface area contributed by atoms with Gasteiger partial charge in [-0.25, -0.2) is 0 Å². The predicted molar refractivity (Wildman–Crippen MR) is 118 cm³/mol. The Bertz CT molecular complexity index is 851. The summed E-state index contributed by atoms with van der Waals surface area (Å²) in [6.45, 7) is 3.64. The first kappa shape index (κ1) is 22.2. The first-order chi connectivity index (χ1) is 14.5. The number of nitrogens with zero attached hydrogens (tertiary/aromatic N) is 2. The molecule has 1 fully saturated rings. The molecule has 0 aliphatic carbocycles. The lowest BCUT2D eigenvalue weighted by atomic mass is 10.1. The van der Waals surface area contributed by atoms with Crippen molar-refractivity contribution in [2.45, 2.75) is 6.54 Å². The lowest BCUT2D eigenvalue weighted by Gasteiger charge is -2.35. The molecule has 0 saturated carbocycles. The van der Waals surface area contributed by atoms with Crippen LogP contribution < -0.4 is 18.9 Å². The van der Waals surface area contributed by atoms with E-state index in [4.69, 9.17) is 18.9 Å². The fourth-order valence-corrected chi connectivity index (χ4v) is 3.72. The maximum absolute atomic E-state index is 12.5. The molecule has 1 aliphatic heterocycles. The van der Waals surface area contributed by atoms with Crippen LogP contribution in [-0.4, -0.2) is 69.8 Å². The van der Waals surface area contributed by atoms with Gasteiger partial charge < -0.3 is 23.8 Å². The summed E-state index contributed by atoms with van der Waals surface area (Å²) in [5, 5.41) is 0. The van der Waals surface area contributed by atoms with Gasteiger partial charge in [0.2, 0.25) is 5.75 Å². The van der Waals surface area contributed by atoms with Crippen LogP contribution in [0.3, 0.4) is 0 Å². The zero-order valence-electron chi connectivity index (χ0n) is 17.5. The van der Waals surface area contributed by atoms with Gasteiger partial charge in [-0.3, -0.25) is 9.69 Å². The number of amides is 1. The van der Waals surface area contributed by atoms with Gasteiger partial charge in [0.1, 0.15) is 5.75 Å². The maximum atomic E-state index is 12.5. The van der Waals surface area contributed by atoms with E-state index in [2.05, 4.69) is 20.8 Å². The number of ether oxygens (including phenoxy) is 4. The lowest BCUT2D eigenvalue weighted by molar-refractivity contribution is -0.135. The summed E-state index contributed by atoms with van der Waals surface area (Å²) >= 11 is 3.38. The highest BCUT2D eigenvalue weighted by molar-refractivity contribution is 9.10. The maximum Gasteiger partial charge on any atom is 0.260 e. The number of halogens is 1. The summed E-state index contributed by atoms with van der Waals surface area (Å²) in [7, 11) is 4.83. The summed E-state index contributed by atoms with van der Waals surface area (Å²) in [5.41, 5.74) is 1.02. The molecule has 0 atom stereocenters. The summed E-state index contributed by atoms with van der Waals surface area (Å²) in [6, 6.07) is 11.3. The molecule has 1 heterocycles. The zero-order chi connectivity index (χ0) is 21.5. The Morgan fingerprint density at radius 1 is 0.900 bits per heavy atom. The second-order valence-electron chi connectivity index (χ2n) is 6.89. The van der Waals surface area contributed by atoms with Crippen molar-refractivity contribution in [3.05, 3.63) is 46.4 Å². The van der Waals surface area contributed by atoms with Crippen molar-refractivity contribution in [3.63, 3.8) is 0 Å². The summed E-state index contributed by atoms with van der Waals surface area (Å²) in [6.07, 6.45) is 0. The number of carbonyl (C=O) groups excluding carboxylic acids is 1. The third-order valence-electron chi connectivity index (χ3n) is 5.08. The summed E-state index contributed by atoms with van der Waals surface area (Å²) < 4.78 is 23.0. The third kappa shape index (κ3) is 5.37. The molecule has 3 rings (SSSR count). The van der Waals surface area contributed by atoms with Crippen LogP contribution >= 0.6 is 15.9 Å². The van der Waals surface area contributed by atoms with E-state index in [1.807, 2.05) is 41.3 Å². The van der Waals surface area contributed by atoms with Crippen LogP contribution in [-0.2, 0) is 11.3 Å². The SMILES string of the molecule is COc1ccc(CN2CCN(C(=O)COc3ccc(Br)cc3)CC2)c(OC)c1OC. The quantitative estimate of drug-likeness (QED) is 0.580. The Balaban J connectivity index is 1.53. The molecule has 2 aromatic carbocycles. The Kier molecular flexibility index (Phi) is 7.81. The van der Waals surface area contributed by atoms with Gasteiger partial charge in [-0.1, -0.05) is 22.0 Å². The largest absolute Gasteiger partial charge is 0.493 e. The van der Waals surface area contributed by atoms with Crippen LogP contribution in [0.2, 0.25) is 0 Å². The molecule has 30 heavy (non-hydrogen) atoms. The van der Waals surface area contributed by atoms with Crippen LogP contribution in [0.5, 0.6) is 23.0 Å². The van der Waals surface area contributed by atoms with Gasteiger partial charge in [0.05, 0.1) is 21.3 Å². The van der Waals surface area contributed by atoms with Crippen LogP contribution in [0.1, 0.15) is 5.56 Å². The number of carbonyl (C=O) groups is 1. The van der Waals surface area contributed by atoms with Crippen LogP contribution in [0.25, 0.3) is 0 Å². The average molecular weight is 479 g/mol. The Hall–Kier alpha value is -2.45. The summed E-state index contributed by atoms with van der Waals surface area (Å²) in [5.74, 6) is 2.60. The first-order valence-corrected chi connectivity index (χ1v) is 10.5. The average Bonchev–Trinajstić information content (AvgIpc) is 2.78. The molecule has 0 radical (unpaired) electrons. The normalized spacial score (nSPS) is 14.3. The summed E-state index contributed by atoms with van der Waals surface area (Å²) in [4.78, 5) is 16.6. The number of piperazine rings is 1. The van der Waals surface area contributed by atoms with Gasteiger partial charge in [0.15, 0.2) is 18.1 Å². The minimum atomic E-state index is 0.00117. The number of methoxy groups -OCH3 is 3. The van der Waals surface area contributed by atoms with E-state index in [9.17, 15) is 4.79 Å². The zero-order valence-corrected chi connectivity index (χ0v) is 19.1. The smallest absolute Gasteiger partial charge is 0.260 e. The molecule has 162 valence electrons. The molecule has 2 aromatic rings. The van der Waals surface area contributed by atoms with E-state index in [-0.39, 0.29) is 12.5 Å². The molecule has 0 spiro atoms. The highest BCUT2D eigenvalue weighted by Crippen LogP contribution is 2.40. The standard InChI is InChI=1S/C22H27BrN2O5/c1-27-19-9-4-16(21(28-2)22(19)29-3)14-24-10-12-25(13-11-24)20(26)15-30-18-7-5-17(23)6-8-18/h4-9H,10-15H2,1-3H3. The van der Waals surface area contributed by atoms with Crippen molar-refractivity contribution in [1.82, 2.24) is 9.80 Å². The monoisotopic (exact) mass is 478 g/mol. The van der Waals surface area contributed by atoms with Gasteiger partial charge in [-0.15, -0.1) is 0 Å². The second-order valence-corrected chi connectivity index (χ2v) is 7.81. The minimum Gasteiger partial charge on any atom is -0.493 e. The molecule has 0 bridgehead atoms. The molecule has 8 heteroatoms. The van der Waals surface area contributed by atoms with Crippen LogP contribution in [0, 0.1) is 0 Å². The topological polar surface area (TPSA) is 60.5 Å². The number of hydrogen-bond acceptors (Lipinski definition) is 6. The molecular weight excluding hydrogens is 452 g/mol. The van der Waals surface area contributed by atoms with Gasteiger partial charge >= 0.3 is 0 Å². The van der Waals surface area contributed by atoms with Crippen molar-refractivity contribution < 1.29 is 23.7 Å². The van der Waals surface area contributed by atoms with Crippen molar-refractivity contribution >= 4 is 21.8 Å². The van der Waals surface area contributed by atoms with E-state index in [1.165, 1.54) is 0 Å². The van der Waals surface area contributed by atoms with Gasteiger partial charge in [0, 0.05) is 42.8 Å². The Labute approximate surface area is 185 Å². The highest BCUT2D eigenvalue weighted by atomic mass is 79.9. The van der Waals surface area contributed by atoms with E-state index >= 15 is 0 Å². The lowest BCUT2D eigenvalue weighted by Crippen LogP contribution is -2.49. The van der Waals surface area contributed by atoms with E-state index in [1.54, 1.807) is 21.3 Å². The van der Waals surface area contributed by atoms with Gasteiger partial charge in [-0.05, 0) is 30.3 Å². The van der Waals surface area contributed by atoms with Crippen molar-refractivity contribution in [2.75, 3.05) is 54.1 Å². The number of hydrogen-bond donors (Lipinski definition) is 0. The van der Waals surface area contributed by atoms with Crippen molar-refractivity contribution in [2.24, 2.45) is 0 Å². The van der Waals surface area contributed by atoms with Crippen molar-refractivity contribution in [1.29, 1.82) is 0 Å². The molecule has 7 nitrogen and oxygen atoms in total. The van der Waals surface area contributed by atoms with Crippen LogP contribution in [0.4, 0.5) is 0 Å². The molecule has 1 saturated heterocycles. The highest BCUT2D eigenvalue weighted by Gasteiger charge is 2.23. The number of rotatable bonds is 8. The van der Waals surface area contributed by atoms with Crippen LogP contribution in [0.15, 0.2) is 40.9 Å². The first-order valence-electron chi connectivity index (χ1n) is 9.72. The fourth-order valence-electron chi connectivity index (χ4n) is 3.45. The van der Waals surface area contributed by atoms with E-state index in [0.29, 0.717) is 42.6 Å². The predicted octanol–water partition coefficient (Wildman–Crippen LogP) is 3.20. The molecular formula is C22H27BrN2O5. The van der Waals surface area contributed by atoms with Crippen molar-refractivity contribution in [3.8, 4) is 23.0 Å². The second kappa shape index (κ2) is 10.5. The molecule has 1 aliphatic rings. The minimum absolute atomic E-state index is 0.00117. The third-order valence-corrected chi connectivity index (χ3v) is 5.61. The van der Waals surface area contributed by atoms with Gasteiger partial charge in [-0.2, -0.15) is 0 Å². The van der Waals surface area contributed by atoms with E-state index < -0.39 is 0 Å². The Morgan fingerprint density at radius 3 is 2.17 bits per heavy atom. The molecule has 0 unspecified atom stereocenters. The Morgan fingerprint density at radius 2 is 1.57 bits per heavy atom.